The minimum Gasteiger partial charge on any atom is -0.317 e. The van der Waals surface area contributed by atoms with Crippen molar-refractivity contribution in [3.63, 3.8) is 0 Å². The van der Waals surface area contributed by atoms with Gasteiger partial charge >= 0.3 is 0 Å². The van der Waals surface area contributed by atoms with E-state index in [-0.39, 0.29) is 0 Å². The molecule has 0 heterocycles. The third kappa shape index (κ3) is 4.45. The van der Waals surface area contributed by atoms with E-state index >= 15 is 0 Å². The number of hydrogen-bond donors (Lipinski definition) is 1. The molecule has 1 N–H and O–H groups in total. The second-order valence-corrected chi connectivity index (χ2v) is 4.80. The normalized spacial score (nSPS) is 27.9. The highest BCUT2D eigenvalue weighted by molar-refractivity contribution is 4.72. The fourth-order valence-electron chi connectivity index (χ4n) is 2.73. The molecule has 1 aliphatic carbocycles. The van der Waals surface area contributed by atoms with E-state index in [1.807, 2.05) is 0 Å². The van der Waals surface area contributed by atoms with Gasteiger partial charge in [-0.15, -0.1) is 0 Å². The van der Waals surface area contributed by atoms with Crippen molar-refractivity contribution in [2.45, 2.75) is 58.8 Å². The predicted octanol–water partition coefficient (Wildman–Crippen LogP) is 3.59. The van der Waals surface area contributed by atoms with Gasteiger partial charge in [-0.2, -0.15) is 0 Å². The van der Waals surface area contributed by atoms with Crippen LogP contribution < -0.4 is 5.32 Å². The summed E-state index contributed by atoms with van der Waals surface area (Å²) in [6.45, 7) is 6.89. The molecule has 1 nitrogen and oxygen atoms in total. The van der Waals surface area contributed by atoms with Gasteiger partial charge in [0.15, 0.2) is 0 Å². The number of hydrogen-bond acceptors (Lipinski definition) is 1. The molecule has 0 aromatic carbocycles. The highest BCUT2D eigenvalue weighted by Crippen LogP contribution is 2.33. The van der Waals surface area contributed by atoms with E-state index in [2.05, 4.69) is 19.2 Å². The first kappa shape index (κ1) is 12.0. The third-order valence-electron chi connectivity index (χ3n) is 3.68. The molecule has 84 valence electrons. The van der Waals surface area contributed by atoms with Crippen LogP contribution >= 0.6 is 0 Å². The maximum Gasteiger partial charge on any atom is -0.00489 e. The number of nitrogens with one attached hydrogen (secondary N) is 1. The highest BCUT2D eigenvalue weighted by Gasteiger charge is 2.19. The average Bonchev–Trinajstić information content (AvgIpc) is 2.25. The van der Waals surface area contributed by atoms with Gasteiger partial charge in [0.2, 0.25) is 0 Å². The zero-order valence-corrected chi connectivity index (χ0v) is 10.0. The van der Waals surface area contributed by atoms with E-state index in [0.717, 1.165) is 18.4 Å². The van der Waals surface area contributed by atoms with E-state index in [1.165, 1.54) is 51.5 Å². The van der Waals surface area contributed by atoms with Crippen molar-refractivity contribution in [3.05, 3.63) is 0 Å². The predicted molar refractivity (Wildman–Crippen MR) is 63.5 cm³/mol. The Hall–Kier alpha value is -0.0400. The first-order valence-corrected chi connectivity index (χ1v) is 6.57. The number of rotatable bonds is 6. The molecule has 14 heavy (non-hydrogen) atoms. The molecular weight excluding hydrogens is 170 g/mol. The van der Waals surface area contributed by atoms with Gasteiger partial charge in [0, 0.05) is 0 Å². The van der Waals surface area contributed by atoms with E-state index in [9.17, 15) is 0 Å². The van der Waals surface area contributed by atoms with Crippen molar-refractivity contribution in [1.29, 1.82) is 0 Å². The summed E-state index contributed by atoms with van der Waals surface area (Å²) in [6.07, 6.45) is 10.3. The van der Waals surface area contributed by atoms with E-state index < -0.39 is 0 Å². The first-order valence-electron chi connectivity index (χ1n) is 6.57. The summed E-state index contributed by atoms with van der Waals surface area (Å²) in [5.74, 6) is 2.10. The van der Waals surface area contributed by atoms with E-state index in [4.69, 9.17) is 0 Å². The van der Waals surface area contributed by atoms with Gasteiger partial charge in [-0.3, -0.25) is 0 Å². The van der Waals surface area contributed by atoms with Crippen LogP contribution in [0.4, 0.5) is 0 Å². The van der Waals surface area contributed by atoms with Crippen molar-refractivity contribution in [3.8, 4) is 0 Å². The molecule has 1 fully saturated rings. The first-order chi connectivity index (χ1) is 6.86. The minimum absolute atomic E-state index is 1.05. The largest absolute Gasteiger partial charge is 0.317 e. The van der Waals surface area contributed by atoms with E-state index in [0.29, 0.717) is 0 Å². The monoisotopic (exact) mass is 197 g/mol. The van der Waals surface area contributed by atoms with Crippen LogP contribution in [0.3, 0.4) is 0 Å². The molecule has 0 aromatic heterocycles. The van der Waals surface area contributed by atoms with Crippen LogP contribution in [0.5, 0.6) is 0 Å². The lowest BCUT2D eigenvalue weighted by Crippen LogP contribution is -2.18. The standard InChI is InChI=1S/C13H27N/c1-3-12-7-5-8-13(11-12)9-6-10-14-4-2/h12-14H,3-11H2,1-2H3. The Kier molecular flexibility index (Phi) is 6.25. The van der Waals surface area contributed by atoms with Crippen molar-refractivity contribution in [2.75, 3.05) is 13.1 Å². The van der Waals surface area contributed by atoms with Crippen LogP contribution in [0.2, 0.25) is 0 Å². The summed E-state index contributed by atoms with van der Waals surface area (Å²) in [6, 6.07) is 0. The molecule has 1 aliphatic rings. The van der Waals surface area contributed by atoms with Gasteiger partial charge < -0.3 is 5.32 Å². The van der Waals surface area contributed by atoms with E-state index in [1.54, 1.807) is 0 Å². The average molecular weight is 197 g/mol. The second-order valence-electron chi connectivity index (χ2n) is 4.80. The van der Waals surface area contributed by atoms with Crippen LogP contribution in [0.1, 0.15) is 58.8 Å². The zero-order valence-electron chi connectivity index (χ0n) is 10.0. The molecule has 0 aromatic rings. The second kappa shape index (κ2) is 7.28. The Morgan fingerprint density at radius 3 is 2.64 bits per heavy atom. The zero-order chi connectivity index (χ0) is 10.2. The molecule has 0 aliphatic heterocycles. The van der Waals surface area contributed by atoms with Crippen LogP contribution in [-0.4, -0.2) is 13.1 Å². The maximum atomic E-state index is 3.41. The Morgan fingerprint density at radius 2 is 1.93 bits per heavy atom. The summed E-state index contributed by atoms with van der Waals surface area (Å²) < 4.78 is 0. The summed E-state index contributed by atoms with van der Waals surface area (Å²) in [7, 11) is 0. The lowest BCUT2D eigenvalue weighted by Gasteiger charge is -2.28. The quantitative estimate of drug-likeness (QED) is 0.642. The molecule has 0 radical (unpaired) electrons. The minimum atomic E-state index is 1.05. The van der Waals surface area contributed by atoms with Gasteiger partial charge in [-0.05, 0) is 44.2 Å². The molecule has 0 spiro atoms. The molecule has 2 atom stereocenters. The molecular formula is C13H27N. The van der Waals surface area contributed by atoms with Gasteiger partial charge in [-0.25, -0.2) is 0 Å². The molecule has 0 saturated heterocycles. The van der Waals surface area contributed by atoms with Gasteiger partial charge in [0.1, 0.15) is 0 Å². The summed E-state index contributed by atoms with van der Waals surface area (Å²) in [4.78, 5) is 0. The molecule has 2 unspecified atom stereocenters. The van der Waals surface area contributed by atoms with Gasteiger partial charge in [0.25, 0.3) is 0 Å². The topological polar surface area (TPSA) is 12.0 Å². The van der Waals surface area contributed by atoms with Crippen molar-refractivity contribution < 1.29 is 0 Å². The fraction of sp³-hybridized carbons (Fsp3) is 1.00. The summed E-state index contributed by atoms with van der Waals surface area (Å²) in [5, 5.41) is 3.41. The molecule has 1 heteroatoms. The van der Waals surface area contributed by atoms with Gasteiger partial charge in [0.05, 0.1) is 0 Å². The van der Waals surface area contributed by atoms with Crippen molar-refractivity contribution >= 4 is 0 Å². The smallest absolute Gasteiger partial charge is 0.00489 e. The van der Waals surface area contributed by atoms with Crippen LogP contribution in [-0.2, 0) is 0 Å². The Morgan fingerprint density at radius 1 is 1.14 bits per heavy atom. The maximum absolute atomic E-state index is 3.41. The van der Waals surface area contributed by atoms with Crippen LogP contribution in [0.15, 0.2) is 0 Å². The third-order valence-corrected chi connectivity index (χ3v) is 3.68. The lowest BCUT2D eigenvalue weighted by atomic mass is 9.78. The van der Waals surface area contributed by atoms with Crippen LogP contribution in [0.25, 0.3) is 0 Å². The molecule has 1 saturated carbocycles. The van der Waals surface area contributed by atoms with Gasteiger partial charge in [-0.1, -0.05) is 39.5 Å². The molecule has 0 amide bonds. The molecule has 1 rings (SSSR count). The Bertz CT molecular complexity index is 133. The summed E-state index contributed by atoms with van der Waals surface area (Å²) in [5.41, 5.74) is 0. The van der Waals surface area contributed by atoms with Crippen LogP contribution in [0, 0.1) is 11.8 Å². The van der Waals surface area contributed by atoms with Crippen molar-refractivity contribution in [1.82, 2.24) is 5.32 Å². The Labute approximate surface area is 89.7 Å². The fourth-order valence-corrected chi connectivity index (χ4v) is 2.73. The SMILES string of the molecule is CCNCCCC1CCCC(CC)C1. The lowest BCUT2D eigenvalue weighted by molar-refractivity contribution is 0.246. The highest BCUT2D eigenvalue weighted by atomic mass is 14.8. The molecule has 0 bridgehead atoms. The Balaban J connectivity index is 2.05. The summed E-state index contributed by atoms with van der Waals surface area (Å²) >= 11 is 0. The van der Waals surface area contributed by atoms with Crippen molar-refractivity contribution in [2.24, 2.45) is 11.8 Å².